The Balaban J connectivity index is 2.30. The summed E-state index contributed by atoms with van der Waals surface area (Å²) < 4.78 is 4.62. The monoisotopic (exact) mass is 350 g/mol. The zero-order valence-corrected chi connectivity index (χ0v) is 15.9. The van der Waals surface area contributed by atoms with E-state index < -0.39 is 6.10 Å². The predicted octanol–water partition coefficient (Wildman–Crippen LogP) is 4.04. The molecule has 0 aromatic rings. The van der Waals surface area contributed by atoms with Gasteiger partial charge in [-0.1, -0.05) is 51.4 Å². The summed E-state index contributed by atoms with van der Waals surface area (Å²) in [5, 5.41) is 10.1. The van der Waals surface area contributed by atoms with Gasteiger partial charge in [-0.3, -0.25) is 9.59 Å². The molecule has 4 nitrogen and oxygen atoms in total. The third-order valence-corrected chi connectivity index (χ3v) is 4.97. The molecule has 1 aliphatic rings. The van der Waals surface area contributed by atoms with Crippen LogP contribution in [0.2, 0.25) is 0 Å². The quantitative estimate of drug-likeness (QED) is 0.347. The number of carbonyl (C=O) groups is 2. The van der Waals surface area contributed by atoms with Crippen LogP contribution in [0.5, 0.6) is 0 Å². The van der Waals surface area contributed by atoms with E-state index in [4.69, 9.17) is 0 Å². The van der Waals surface area contributed by atoms with Gasteiger partial charge in [-0.05, 0) is 19.3 Å². The molecule has 0 radical (unpaired) electrons. The van der Waals surface area contributed by atoms with Crippen LogP contribution in [0.4, 0.5) is 0 Å². The van der Waals surface area contributed by atoms with Crippen molar-refractivity contribution in [3.8, 4) is 11.8 Å². The average Bonchev–Trinajstić information content (AvgIpc) is 2.87. The molecule has 0 spiro atoms. The minimum Gasteiger partial charge on any atom is -0.469 e. The van der Waals surface area contributed by atoms with E-state index in [1.165, 1.54) is 26.4 Å². The summed E-state index contributed by atoms with van der Waals surface area (Å²) in [6, 6.07) is 0. The second kappa shape index (κ2) is 12.9. The molecular formula is C21H34O4. The highest BCUT2D eigenvalue weighted by Gasteiger charge is 2.39. The standard InChI is InChI=1S/C21H34O4/c1-3-4-5-6-7-10-13-17-18(20(23)16-19(17)22)14-11-8-9-12-15-21(24)25-2/h17-19,22H,3-9,11-12,14-16H2,1-2H3/t17-,18-,19+/m1/s1. The fourth-order valence-electron chi connectivity index (χ4n) is 3.41. The summed E-state index contributed by atoms with van der Waals surface area (Å²) in [6.07, 6.45) is 10.3. The van der Waals surface area contributed by atoms with E-state index >= 15 is 0 Å². The van der Waals surface area contributed by atoms with Crippen LogP contribution in [-0.4, -0.2) is 30.1 Å². The molecule has 0 heterocycles. The van der Waals surface area contributed by atoms with Gasteiger partial charge in [0.15, 0.2) is 0 Å². The van der Waals surface area contributed by atoms with E-state index in [1.54, 1.807) is 0 Å². The Bertz CT molecular complexity index is 460. The molecule has 25 heavy (non-hydrogen) atoms. The normalized spacial score (nSPS) is 22.5. The molecule has 1 saturated carbocycles. The number of ether oxygens (including phenoxy) is 1. The SMILES string of the molecule is CCCCCCC#C[C@H]1[C@@H](O)CC(=O)[C@@H]1CCCCCCC(=O)OC. The number of methoxy groups -OCH3 is 1. The molecule has 142 valence electrons. The Morgan fingerprint density at radius 2 is 1.88 bits per heavy atom. The van der Waals surface area contributed by atoms with Crippen molar-refractivity contribution in [2.24, 2.45) is 11.8 Å². The van der Waals surface area contributed by atoms with Gasteiger partial charge in [0.05, 0.1) is 19.1 Å². The second-order valence-corrected chi connectivity index (χ2v) is 7.03. The van der Waals surface area contributed by atoms with Crippen LogP contribution >= 0.6 is 0 Å². The fraction of sp³-hybridized carbons (Fsp3) is 0.810. The largest absolute Gasteiger partial charge is 0.469 e. The first kappa shape index (κ1) is 21.7. The van der Waals surface area contributed by atoms with Crippen molar-refractivity contribution >= 4 is 11.8 Å². The first-order valence-electron chi connectivity index (χ1n) is 9.86. The molecule has 0 aromatic heterocycles. The van der Waals surface area contributed by atoms with Gasteiger partial charge >= 0.3 is 5.97 Å². The number of unbranched alkanes of at least 4 members (excludes halogenated alkanes) is 7. The van der Waals surface area contributed by atoms with Crippen molar-refractivity contribution in [3.63, 3.8) is 0 Å². The average molecular weight is 350 g/mol. The highest BCUT2D eigenvalue weighted by atomic mass is 16.5. The maximum absolute atomic E-state index is 12.1. The molecule has 1 N–H and O–H groups in total. The zero-order valence-electron chi connectivity index (χ0n) is 15.9. The van der Waals surface area contributed by atoms with Gasteiger partial charge in [-0.2, -0.15) is 0 Å². The van der Waals surface area contributed by atoms with Crippen molar-refractivity contribution in [1.82, 2.24) is 0 Å². The van der Waals surface area contributed by atoms with E-state index in [2.05, 4.69) is 23.5 Å². The lowest BCUT2D eigenvalue weighted by Crippen LogP contribution is -2.19. The molecule has 1 rings (SSSR count). The first-order valence-corrected chi connectivity index (χ1v) is 9.86. The molecule has 1 fully saturated rings. The lowest BCUT2D eigenvalue weighted by Gasteiger charge is -2.15. The van der Waals surface area contributed by atoms with Crippen molar-refractivity contribution in [1.29, 1.82) is 0 Å². The summed E-state index contributed by atoms with van der Waals surface area (Å²) in [6.45, 7) is 2.19. The second-order valence-electron chi connectivity index (χ2n) is 7.03. The fourth-order valence-corrected chi connectivity index (χ4v) is 3.41. The Hall–Kier alpha value is -1.34. The van der Waals surface area contributed by atoms with Crippen LogP contribution in [0.3, 0.4) is 0 Å². The van der Waals surface area contributed by atoms with Crippen molar-refractivity contribution in [2.45, 2.75) is 90.1 Å². The van der Waals surface area contributed by atoms with Gasteiger partial charge in [0.1, 0.15) is 5.78 Å². The molecule has 0 amide bonds. The van der Waals surface area contributed by atoms with Crippen LogP contribution in [0.25, 0.3) is 0 Å². The summed E-state index contributed by atoms with van der Waals surface area (Å²) in [5.41, 5.74) is 0. The molecule has 0 saturated heterocycles. The van der Waals surface area contributed by atoms with Crippen molar-refractivity contribution in [3.05, 3.63) is 0 Å². The third kappa shape index (κ3) is 8.54. The Morgan fingerprint density at radius 3 is 2.60 bits per heavy atom. The molecule has 3 atom stereocenters. The van der Waals surface area contributed by atoms with Gasteiger partial charge in [0, 0.05) is 25.2 Å². The van der Waals surface area contributed by atoms with Gasteiger partial charge in [0.2, 0.25) is 0 Å². The highest BCUT2D eigenvalue weighted by molar-refractivity contribution is 5.84. The minimum absolute atomic E-state index is 0.112. The van der Waals surface area contributed by atoms with Crippen LogP contribution in [0.1, 0.15) is 84.0 Å². The lowest BCUT2D eigenvalue weighted by molar-refractivity contribution is -0.140. The van der Waals surface area contributed by atoms with E-state index in [9.17, 15) is 14.7 Å². The highest BCUT2D eigenvalue weighted by Crippen LogP contribution is 2.33. The van der Waals surface area contributed by atoms with Crippen LogP contribution < -0.4 is 0 Å². The topological polar surface area (TPSA) is 63.6 Å². The number of Topliss-reactive ketones (excluding diaryl/α,β-unsaturated/α-hetero) is 1. The summed E-state index contributed by atoms with van der Waals surface area (Å²) >= 11 is 0. The molecule has 0 bridgehead atoms. The van der Waals surface area contributed by atoms with Gasteiger partial charge in [0.25, 0.3) is 0 Å². The number of esters is 1. The maximum Gasteiger partial charge on any atom is 0.305 e. The smallest absolute Gasteiger partial charge is 0.305 e. The third-order valence-electron chi connectivity index (χ3n) is 4.97. The van der Waals surface area contributed by atoms with E-state index in [0.717, 1.165) is 44.9 Å². The molecule has 0 aliphatic heterocycles. The van der Waals surface area contributed by atoms with Gasteiger partial charge in [-0.15, -0.1) is 5.92 Å². The number of rotatable bonds is 11. The zero-order chi connectivity index (χ0) is 18.5. The molecule has 1 aliphatic carbocycles. The van der Waals surface area contributed by atoms with Crippen molar-refractivity contribution in [2.75, 3.05) is 7.11 Å². The summed E-state index contributed by atoms with van der Waals surface area (Å²) in [7, 11) is 1.41. The van der Waals surface area contributed by atoms with E-state index in [-0.39, 0.29) is 30.0 Å². The van der Waals surface area contributed by atoms with Gasteiger partial charge in [-0.25, -0.2) is 0 Å². The molecule has 0 unspecified atom stereocenters. The predicted molar refractivity (Wildman–Crippen MR) is 98.9 cm³/mol. The number of aliphatic hydroxyl groups excluding tert-OH is 1. The van der Waals surface area contributed by atoms with Crippen LogP contribution in [-0.2, 0) is 14.3 Å². The summed E-state index contributed by atoms with van der Waals surface area (Å²) in [4.78, 5) is 23.2. The maximum atomic E-state index is 12.1. The first-order chi connectivity index (χ1) is 12.1. The lowest BCUT2D eigenvalue weighted by atomic mass is 9.89. The number of hydrogen-bond acceptors (Lipinski definition) is 4. The van der Waals surface area contributed by atoms with Crippen LogP contribution in [0, 0.1) is 23.7 Å². The number of aliphatic hydroxyl groups is 1. The minimum atomic E-state index is -0.597. The number of carbonyl (C=O) groups excluding carboxylic acids is 2. The van der Waals surface area contributed by atoms with E-state index in [1.807, 2.05) is 0 Å². The van der Waals surface area contributed by atoms with E-state index in [0.29, 0.717) is 6.42 Å². The molecule has 4 heteroatoms. The Morgan fingerprint density at radius 1 is 1.16 bits per heavy atom. The van der Waals surface area contributed by atoms with Gasteiger partial charge < -0.3 is 9.84 Å². The Labute approximate surface area is 152 Å². The molecule has 0 aromatic carbocycles. The number of ketones is 1. The molecular weight excluding hydrogens is 316 g/mol. The summed E-state index contributed by atoms with van der Waals surface area (Å²) in [5.74, 6) is 6.06. The number of hydrogen-bond donors (Lipinski definition) is 1. The Kier molecular flexibility index (Phi) is 11.2. The van der Waals surface area contributed by atoms with Crippen LogP contribution in [0.15, 0.2) is 0 Å². The van der Waals surface area contributed by atoms with Crippen molar-refractivity contribution < 1.29 is 19.4 Å².